The van der Waals surface area contributed by atoms with Crippen LogP contribution in [0.4, 0.5) is 18.9 Å². The van der Waals surface area contributed by atoms with Crippen LogP contribution in [-0.4, -0.2) is 23.5 Å². The Balaban J connectivity index is 2.18. The number of methoxy groups -OCH3 is 1. The molecule has 154 valence electrons. The molecule has 1 heterocycles. The van der Waals surface area contributed by atoms with Crippen molar-refractivity contribution < 1.29 is 17.9 Å². The second-order valence-corrected chi connectivity index (χ2v) is 7.87. The maximum absolute atomic E-state index is 14.1. The zero-order chi connectivity index (χ0) is 21.2. The summed E-state index contributed by atoms with van der Waals surface area (Å²) in [6.07, 6.45) is -1.62. The first-order valence-corrected chi connectivity index (χ1v) is 9.74. The van der Waals surface area contributed by atoms with Gasteiger partial charge in [0.05, 0.1) is 30.8 Å². The van der Waals surface area contributed by atoms with Gasteiger partial charge in [0.15, 0.2) is 0 Å². The Bertz CT molecular complexity index is 1030. The predicted molar refractivity (Wildman–Crippen MR) is 112 cm³/mol. The van der Waals surface area contributed by atoms with Gasteiger partial charge >= 0.3 is 6.18 Å². The number of alkyl halides is 3. The lowest BCUT2D eigenvalue weighted by Crippen LogP contribution is -2.32. The maximum atomic E-state index is 14.1. The maximum Gasteiger partial charge on any atom is 0.397 e. The SMILES string of the molecule is COc1cc(Br)ccc1C(Nc1cccc2[nH]ncc12)C(C=C(C)C)C(F)(F)F. The number of nitrogens with zero attached hydrogens (tertiary/aromatic N) is 1. The van der Waals surface area contributed by atoms with Gasteiger partial charge in [-0.15, -0.1) is 0 Å². The van der Waals surface area contributed by atoms with Gasteiger partial charge in [0.2, 0.25) is 0 Å². The fourth-order valence-electron chi connectivity index (χ4n) is 3.30. The third kappa shape index (κ3) is 4.75. The molecule has 2 aromatic carbocycles. The van der Waals surface area contributed by atoms with Gasteiger partial charge in [-0.25, -0.2) is 0 Å². The topological polar surface area (TPSA) is 49.9 Å². The summed E-state index contributed by atoms with van der Waals surface area (Å²) in [6.45, 7) is 3.32. The summed E-state index contributed by atoms with van der Waals surface area (Å²) in [5.74, 6) is -1.39. The Morgan fingerprint density at radius 1 is 1.24 bits per heavy atom. The van der Waals surface area contributed by atoms with Crippen LogP contribution in [0, 0.1) is 5.92 Å². The van der Waals surface area contributed by atoms with Crippen molar-refractivity contribution in [1.29, 1.82) is 0 Å². The Kier molecular flexibility index (Phi) is 6.21. The van der Waals surface area contributed by atoms with Crippen LogP contribution >= 0.6 is 15.9 Å². The van der Waals surface area contributed by atoms with Gasteiger partial charge in [0.25, 0.3) is 0 Å². The second-order valence-electron chi connectivity index (χ2n) is 6.96. The molecule has 1 aromatic heterocycles. The number of H-pyrrole nitrogens is 1. The zero-order valence-electron chi connectivity index (χ0n) is 16.1. The lowest BCUT2D eigenvalue weighted by Gasteiger charge is -2.30. The van der Waals surface area contributed by atoms with Crippen LogP contribution in [-0.2, 0) is 0 Å². The summed E-state index contributed by atoms with van der Waals surface area (Å²) in [4.78, 5) is 0. The smallest absolute Gasteiger partial charge is 0.397 e. The molecule has 0 aliphatic heterocycles. The monoisotopic (exact) mass is 467 g/mol. The van der Waals surface area contributed by atoms with Crippen molar-refractivity contribution in [3.63, 3.8) is 0 Å². The van der Waals surface area contributed by atoms with Crippen LogP contribution in [0.1, 0.15) is 25.5 Å². The van der Waals surface area contributed by atoms with E-state index >= 15 is 0 Å². The summed E-state index contributed by atoms with van der Waals surface area (Å²) in [7, 11) is 1.45. The molecule has 8 heteroatoms. The third-order valence-corrected chi connectivity index (χ3v) is 5.07. The van der Waals surface area contributed by atoms with E-state index < -0.39 is 18.1 Å². The van der Waals surface area contributed by atoms with Crippen LogP contribution in [0.25, 0.3) is 10.9 Å². The second kappa shape index (κ2) is 8.49. The first-order chi connectivity index (χ1) is 13.7. The number of aromatic amines is 1. The zero-order valence-corrected chi connectivity index (χ0v) is 17.7. The van der Waals surface area contributed by atoms with Gasteiger partial charge in [-0.3, -0.25) is 5.10 Å². The molecule has 3 rings (SSSR count). The molecular weight excluding hydrogens is 447 g/mol. The predicted octanol–water partition coefficient (Wildman–Crippen LogP) is 6.63. The lowest BCUT2D eigenvalue weighted by molar-refractivity contribution is -0.165. The number of ether oxygens (including phenoxy) is 1. The van der Waals surface area contributed by atoms with Crippen LogP contribution in [0.3, 0.4) is 0 Å². The third-order valence-electron chi connectivity index (χ3n) is 4.58. The molecule has 4 nitrogen and oxygen atoms in total. The van der Waals surface area contributed by atoms with E-state index in [4.69, 9.17) is 4.74 Å². The highest BCUT2D eigenvalue weighted by molar-refractivity contribution is 9.10. The van der Waals surface area contributed by atoms with E-state index in [1.165, 1.54) is 13.2 Å². The molecule has 0 amide bonds. The lowest BCUT2D eigenvalue weighted by atomic mass is 9.89. The molecule has 2 unspecified atom stereocenters. The summed E-state index contributed by atoms with van der Waals surface area (Å²) < 4.78 is 48.5. The van der Waals surface area contributed by atoms with Crippen LogP contribution in [0.5, 0.6) is 5.75 Å². The minimum atomic E-state index is -4.46. The molecule has 0 saturated heterocycles. The number of fused-ring (bicyclic) bond motifs is 1. The largest absolute Gasteiger partial charge is 0.496 e. The molecule has 0 radical (unpaired) electrons. The number of rotatable bonds is 6. The Morgan fingerprint density at radius 2 is 2.00 bits per heavy atom. The van der Waals surface area contributed by atoms with Crippen molar-refractivity contribution in [3.05, 3.63) is 64.3 Å². The number of anilines is 1. The van der Waals surface area contributed by atoms with Crippen molar-refractivity contribution in [2.45, 2.75) is 26.1 Å². The average molecular weight is 468 g/mol. The number of hydrogen-bond donors (Lipinski definition) is 2. The Labute approximate surface area is 175 Å². The van der Waals surface area contributed by atoms with Gasteiger partial charge in [0.1, 0.15) is 5.75 Å². The Hall–Kier alpha value is -2.48. The van der Waals surface area contributed by atoms with E-state index in [0.29, 0.717) is 28.0 Å². The molecular formula is C21H21BrF3N3O. The number of hydrogen-bond acceptors (Lipinski definition) is 3. The van der Waals surface area contributed by atoms with Gasteiger partial charge in [-0.05, 0) is 38.1 Å². The minimum Gasteiger partial charge on any atom is -0.496 e. The molecule has 0 spiro atoms. The Morgan fingerprint density at radius 3 is 2.66 bits per heavy atom. The molecule has 3 aromatic rings. The summed E-state index contributed by atoms with van der Waals surface area (Å²) in [5, 5.41) is 10.7. The normalized spacial score (nSPS) is 13.8. The van der Waals surface area contributed by atoms with Crippen LogP contribution in [0.2, 0.25) is 0 Å². The quantitative estimate of drug-likeness (QED) is 0.399. The van der Waals surface area contributed by atoms with Crippen molar-refractivity contribution in [2.75, 3.05) is 12.4 Å². The van der Waals surface area contributed by atoms with Crippen molar-refractivity contribution >= 4 is 32.5 Å². The number of aromatic nitrogens is 2. The van der Waals surface area contributed by atoms with E-state index in [0.717, 1.165) is 9.99 Å². The minimum absolute atomic E-state index is 0.368. The summed E-state index contributed by atoms with van der Waals surface area (Å²) in [5.41, 5.74) is 2.29. The number of nitrogens with one attached hydrogen (secondary N) is 2. The van der Waals surface area contributed by atoms with Crippen LogP contribution in [0.15, 0.2) is 58.7 Å². The van der Waals surface area contributed by atoms with Gasteiger partial charge < -0.3 is 10.1 Å². The van der Waals surface area contributed by atoms with Gasteiger partial charge in [-0.1, -0.05) is 39.7 Å². The van der Waals surface area contributed by atoms with Crippen LogP contribution < -0.4 is 10.1 Å². The van der Waals surface area contributed by atoms with E-state index in [2.05, 4.69) is 31.4 Å². The molecule has 0 bridgehead atoms. The highest BCUT2D eigenvalue weighted by Crippen LogP contribution is 2.43. The molecule has 0 aliphatic rings. The van der Waals surface area contributed by atoms with Crippen molar-refractivity contribution in [2.24, 2.45) is 5.92 Å². The highest BCUT2D eigenvalue weighted by atomic mass is 79.9. The number of allylic oxidation sites excluding steroid dienone is 1. The number of halogens is 4. The van der Waals surface area contributed by atoms with Crippen molar-refractivity contribution in [1.82, 2.24) is 10.2 Å². The molecule has 0 saturated carbocycles. The van der Waals surface area contributed by atoms with Gasteiger partial charge in [-0.2, -0.15) is 18.3 Å². The van der Waals surface area contributed by atoms with Gasteiger partial charge in [0, 0.05) is 21.1 Å². The van der Waals surface area contributed by atoms with E-state index in [1.807, 2.05) is 6.07 Å². The first kappa shape index (κ1) is 21.2. The van der Waals surface area contributed by atoms with Crippen molar-refractivity contribution in [3.8, 4) is 5.75 Å². The molecule has 0 aliphatic carbocycles. The van der Waals surface area contributed by atoms with E-state index in [1.54, 1.807) is 50.4 Å². The average Bonchev–Trinajstić information content (AvgIpc) is 3.13. The summed E-state index contributed by atoms with van der Waals surface area (Å²) >= 11 is 3.35. The van der Waals surface area contributed by atoms with E-state index in [9.17, 15) is 13.2 Å². The molecule has 29 heavy (non-hydrogen) atoms. The summed E-state index contributed by atoms with van der Waals surface area (Å²) in [6, 6.07) is 9.25. The molecule has 0 fully saturated rings. The fourth-order valence-corrected chi connectivity index (χ4v) is 3.64. The fraction of sp³-hybridized carbons (Fsp3) is 0.286. The highest BCUT2D eigenvalue weighted by Gasteiger charge is 2.45. The standard InChI is InChI=1S/C21H21BrF3N3O/c1-12(2)9-16(21(23,24)25)20(14-8-7-13(22)10-19(14)29-3)27-17-5-4-6-18-15(17)11-26-28-18/h4-11,16,20,27H,1-3H3,(H,26,28). The first-order valence-electron chi connectivity index (χ1n) is 8.94. The van der Waals surface area contributed by atoms with E-state index in [-0.39, 0.29) is 0 Å². The molecule has 2 atom stereocenters. The molecule has 2 N–H and O–H groups in total. The number of benzene rings is 2.